The SMILES string of the molecule is Cn1cc(Nc2cc(F)cc([N+](=O)[O-])c2)cn1. The summed E-state index contributed by atoms with van der Waals surface area (Å²) >= 11 is 0. The first-order valence-corrected chi connectivity index (χ1v) is 4.75. The molecule has 0 amide bonds. The number of nitro benzene ring substituents is 1. The normalized spacial score (nSPS) is 10.2. The highest BCUT2D eigenvalue weighted by atomic mass is 19.1. The molecule has 0 bridgehead atoms. The van der Waals surface area contributed by atoms with E-state index in [4.69, 9.17) is 0 Å². The highest BCUT2D eigenvalue weighted by molar-refractivity contribution is 5.61. The summed E-state index contributed by atoms with van der Waals surface area (Å²) in [6.07, 6.45) is 3.22. The molecule has 0 saturated heterocycles. The molecule has 0 aliphatic heterocycles. The molecule has 0 saturated carbocycles. The zero-order valence-corrected chi connectivity index (χ0v) is 8.92. The van der Waals surface area contributed by atoms with Crippen molar-refractivity contribution in [3.05, 3.63) is 46.5 Å². The number of aryl methyl sites for hydroxylation is 1. The van der Waals surface area contributed by atoms with Crippen molar-refractivity contribution in [1.82, 2.24) is 9.78 Å². The third-order valence-electron chi connectivity index (χ3n) is 2.09. The van der Waals surface area contributed by atoms with Crippen molar-refractivity contribution >= 4 is 17.1 Å². The Hall–Kier alpha value is -2.44. The van der Waals surface area contributed by atoms with Crippen LogP contribution in [0.3, 0.4) is 0 Å². The summed E-state index contributed by atoms with van der Waals surface area (Å²) in [6, 6.07) is 3.31. The molecule has 1 heterocycles. The number of hydrogen-bond donors (Lipinski definition) is 1. The van der Waals surface area contributed by atoms with Crippen LogP contribution in [-0.2, 0) is 7.05 Å². The van der Waals surface area contributed by atoms with Gasteiger partial charge in [0.25, 0.3) is 5.69 Å². The zero-order chi connectivity index (χ0) is 12.4. The van der Waals surface area contributed by atoms with Crippen molar-refractivity contribution < 1.29 is 9.31 Å². The molecule has 0 atom stereocenters. The predicted molar refractivity (Wildman–Crippen MR) is 59.5 cm³/mol. The molecule has 0 aliphatic carbocycles. The number of nitrogens with zero attached hydrogens (tertiary/aromatic N) is 3. The topological polar surface area (TPSA) is 73.0 Å². The first-order valence-electron chi connectivity index (χ1n) is 4.75. The maximum atomic E-state index is 13.1. The maximum absolute atomic E-state index is 13.1. The van der Waals surface area contributed by atoms with Crippen molar-refractivity contribution in [3.63, 3.8) is 0 Å². The highest BCUT2D eigenvalue weighted by Gasteiger charge is 2.10. The van der Waals surface area contributed by atoms with Crippen LogP contribution in [0.1, 0.15) is 0 Å². The second kappa shape index (κ2) is 4.20. The Bertz CT molecular complexity index is 567. The first-order chi connectivity index (χ1) is 8.04. The van der Waals surface area contributed by atoms with E-state index in [-0.39, 0.29) is 5.69 Å². The van der Waals surface area contributed by atoms with Gasteiger partial charge in [-0.15, -0.1) is 0 Å². The van der Waals surface area contributed by atoms with E-state index in [1.165, 1.54) is 18.3 Å². The van der Waals surface area contributed by atoms with Crippen LogP contribution in [0.25, 0.3) is 0 Å². The molecule has 0 radical (unpaired) electrons. The number of halogens is 1. The van der Waals surface area contributed by atoms with E-state index in [0.29, 0.717) is 11.4 Å². The van der Waals surface area contributed by atoms with Crippen LogP contribution in [-0.4, -0.2) is 14.7 Å². The summed E-state index contributed by atoms with van der Waals surface area (Å²) in [4.78, 5) is 9.92. The van der Waals surface area contributed by atoms with E-state index in [0.717, 1.165) is 6.07 Å². The Morgan fingerprint density at radius 1 is 1.41 bits per heavy atom. The van der Waals surface area contributed by atoms with Crippen LogP contribution in [0.4, 0.5) is 21.5 Å². The van der Waals surface area contributed by atoms with Gasteiger partial charge in [0, 0.05) is 25.0 Å². The van der Waals surface area contributed by atoms with E-state index in [9.17, 15) is 14.5 Å². The molecule has 1 aromatic heterocycles. The Morgan fingerprint density at radius 2 is 2.18 bits per heavy atom. The van der Waals surface area contributed by atoms with Gasteiger partial charge < -0.3 is 5.32 Å². The van der Waals surface area contributed by atoms with Crippen molar-refractivity contribution in [2.45, 2.75) is 0 Å². The summed E-state index contributed by atoms with van der Waals surface area (Å²) in [5, 5.41) is 17.3. The first kappa shape index (κ1) is 11.1. The fourth-order valence-corrected chi connectivity index (χ4v) is 1.40. The minimum atomic E-state index is -0.661. The second-order valence-electron chi connectivity index (χ2n) is 3.48. The van der Waals surface area contributed by atoms with E-state index in [1.807, 2.05) is 0 Å². The molecule has 1 N–H and O–H groups in total. The third kappa shape index (κ3) is 2.57. The molecular weight excluding hydrogens is 227 g/mol. The number of anilines is 2. The fraction of sp³-hybridized carbons (Fsp3) is 0.100. The van der Waals surface area contributed by atoms with Crippen LogP contribution in [0, 0.1) is 15.9 Å². The molecule has 2 rings (SSSR count). The molecule has 0 spiro atoms. The van der Waals surface area contributed by atoms with Gasteiger partial charge in [-0.1, -0.05) is 0 Å². The molecule has 88 valence electrons. The molecule has 7 heteroatoms. The minimum Gasteiger partial charge on any atom is -0.353 e. The van der Waals surface area contributed by atoms with Crippen LogP contribution in [0.5, 0.6) is 0 Å². The van der Waals surface area contributed by atoms with E-state index >= 15 is 0 Å². The van der Waals surface area contributed by atoms with Crippen molar-refractivity contribution in [3.8, 4) is 0 Å². The van der Waals surface area contributed by atoms with Gasteiger partial charge in [0.1, 0.15) is 5.82 Å². The quantitative estimate of drug-likeness (QED) is 0.655. The van der Waals surface area contributed by atoms with Crippen molar-refractivity contribution in [2.24, 2.45) is 7.05 Å². The van der Waals surface area contributed by atoms with Crippen molar-refractivity contribution in [2.75, 3.05) is 5.32 Å². The Morgan fingerprint density at radius 3 is 2.76 bits per heavy atom. The molecule has 0 aliphatic rings. The molecule has 6 nitrogen and oxygen atoms in total. The third-order valence-corrected chi connectivity index (χ3v) is 2.09. The molecule has 0 unspecified atom stereocenters. The number of nitro groups is 1. The lowest BCUT2D eigenvalue weighted by Gasteiger charge is -2.03. The highest BCUT2D eigenvalue weighted by Crippen LogP contribution is 2.22. The molecule has 1 aromatic carbocycles. The number of nitrogens with one attached hydrogen (secondary N) is 1. The lowest BCUT2D eigenvalue weighted by atomic mass is 10.2. The number of hydrogen-bond acceptors (Lipinski definition) is 4. The van der Waals surface area contributed by atoms with E-state index in [1.54, 1.807) is 17.9 Å². The van der Waals surface area contributed by atoms with Crippen LogP contribution < -0.4 is 5.32 Å². The Labute approximate surface area is 95.8 Å². The van der Waals surface area contributed by atoms with Gasteiger partial charge in [-0.25, -0.2) is 4.39 Å². The van der Waals surface area contributed by atoms with E-state index < -0.39 is 10.7 Å². The van der Waals surface area contributed by atoms with E-state index in [2.05, 4.69) is 10.4 Å². The standard InChI is InChI=1S/C10H9FN4O2/c1-14-6-9(5-12-14)13-8-2-7(11)3-10(4-8)15(16)17/h2-6,13H,1H3. The number of benzene rings is 1. The van der Waals surface area contributed by atoms with Gasteiger partial charge in [0.05, 0.1) is 22.9 Å². The largest absolute Gasteiger partial charge is 0.353 e. The Kier molecular flexibility index (Phi) is 2.73. The molecule has 17 heavy (non-hydrogen) atoms. The summed E-state index contributed by atoms with van der Waals surface area (Å²) in [5.74, 6) is -0.661. The minimum absolute atomic E-state index is 0.295. The van der Waals surface area contributed by atoms with Crippen LogP contribution in [0.15, 0.2) is 30.6 Å². The molecule has 2 aromatic rings. The average molecular weight is 236 g/mol. The summed E-state index contributed by atoms with van der Waals surface area (Å²) in [6.45, 7) is 0. The summed E-state index contributed by atoms with van der Waals surface area (Å²) < 4.78 is 14.7. The van der Waals surface area contributed by atoms with Gasteiger partial charge in [0.15, 0.2) is 0 Å². The predicted octanol–water partition coefficient (Wildman–Crippen LogP) is 2.21. The average Bonchev–Trinajstić information content (AvgIpc) is 2.63. The fourth-order valence-electron chi connectivity index (χ4n) is 1.40. The van der Waals surface area contributed by atoms with Crippen LogP contribution >= 0.6 is 0 Å². The second-order valence-corrected chi connectivity index (χ2v) is 3.48. The number of non-ortho nitro benzene ring substituents is 1. The van der Waals surface area contributed by atoms with Gasteiger partial charge in [-0.2, -0.15) is 5.10 Å². The van der Waals surface area contributed by atoms with Gasteiger partial charge in [0.2, 0.25) is 0 Å². The summed E-state index contributed by atoms with van der Waals surface area (Å²) in [5.41, 5.74) is 0.647. The lowest BCUT2D eigenvalue weighted by molar-refractivity contribution is -0.385. The Balaban J connectivity index is 2.29. The van der Waals surface area contributed by atoms with Crippen molar-refractivity contribution in [1.29, 1.82) is 0 Å². The monoisotopic (exact) mass is 236 g/mol. The summed E-state index contributed by atoms with van der Waals surface area (Å²) in [7, 11) is 1.74. The molecule has 0 fully saturated rings. The lowest BCUT2D eigenvalue weighted by Crippen LogP contribution is -1.94. The van der Waals surface area contributed by atoms with Gasteiger partial charge in [-0.3, -0.25) is 14.8 Å². The number of rotatable bonds is 3. The van der Waals surface area contributed by atoms with Gasteiger partial charge in [-0.05, 0) is 6.07 Å². The smallest absolute Gasteiger partial charge is 0.274 e. The number of aromatic nitrogens is 2. The maximum Gasteiger partial charge on any atom is 0.274 e. The molecular formula is C10H9FN4O2. The van der Waals surface area contributed by atoms with Crippen LogP contribution in [0.2, 0.25) is 0 Å². The zero-order valence-electron chi connectivity index (χ0n) is 8.92. The van der Waals surface area contributed by atoms with Gasteiger partial charge >= 0.3 is 0 Å².